The zero-order valence-electron chi connectivity index (χ0n) is 11.3. The Hall–Kier alpha value is -1.30. The topological polar surface area (TPSA) is 81.7 Å². The highest BCUT2D eigenvalue weighted by Crippen LogP contribution is 2.33. The number of likely N-dealkylation sites (N-methyl/N-ethyl adjacent to an activating group) is 1. The van der Waals surface area contributed by atoms with Crippen LogP contribution in [0.25, 0.3) is 0 Å². The highest BCUT2D eigenvalue weighted by atomic mass is 16.4. The fourth-order valence-electron chi connectivity index (χ4n) is 1.54. The van der Waals surface area contributed by atoms with Gasteiger partial charge in [0.25, 0.3) is 0 Å². The lowest BCUT2D eigenvalue weighted by atomic mass is 10.1. The van der Waals surface area contributed by atoms with Gasteiger partial charge in [0.2, 0.25) is 0 Å². The van der Waals surface area contributed by atoms with E-state index in [1.165, 1.54) is 0 Å². The Kier molecular flexibility index (Phi) is 5.40. The van der Waals surface area contributed by atoms with Crippen LogP contribution in [0.15, 0.2) is 0 Å². The number of amides is 2. The summed E-state index contributed by atoms with van der Waals surface area (Å²) >= 11 is 0. The number of carbonyl (C=O) groups is 2. The van der Waals surface area contributed by atoms with Crippen LogP contribution in [0, 0.1) is 5.92 Å². The first kappa shape index (κ1) is 14.8. The second-order valence-corrected chi connectivity index (χ2v) is 5.24. The molecule has 2 atom stereocenters. The monoisotopic (exact) mass is 257 g/mol. The highest BCUT2D eigenvalue weighted by Gasteiger charge is 2.30. The zero-order valence-corrected chi connectivity index (χ0v) is 11.3. The Morgan fingerprint density at radius 1 is 1.39 bits per heavy atom. The zero-order chi connectivity index (χ0) is 13.7. The van der Waals surface area contributed by atoms with E-state index in [1.54, 1.807) is 0 Å². The van der Waals surface area contributed by atoms with Gasteiger partial charge in [-0.2, -0.15) is 0 Å². The maximum Gasteiger partial charge on any atom is 0.326 e. The first-order chi connectivity index (χ1) is 8.40. The molecule has 18 heavy (non-hydrogen) atoms. The molecule has 0 radical (unpaired) electrons. The van der Waals surface area contributed by atoms with Gasteiger partial charge < -0.3 is 20.6 Å². The van der Waals surface area contributed by atoms with Crippen molar-refractivity contribution in [3.05, 3.63) is 0 Å². The fourth-order valence-corrected chi connectivity index (χ4v) is 1.54. The number of urea groups is 1. The maximum atomic E-state index is 11.6. The maximum absolute atomic E-state index is 11.6. The SMILES string of the molecule is CC(CNC(=O)N[C@@H](CC1CC1)C(=O)O)N(C)C. The van der Waals surface area contributed by atoms with Crippen LogP contribution in [0.3, 0.4) is 0 Å². The summed E-state index contributed by atoms with van der Waals surface area (Å²) in [6, 6.07) is -0.966. The van der Waals surface area contributed by atoms with E-state index in [-0.39, 0.29) is 6.04 Å². The van der Waals surface area contributed by atoms with Crippen LogP contribution in [0.2, 0.25) is 0 Å². The third-order valence-electron chi connectivity index (χ3n) is 3.31. The van der Waals surface area contributed by atoms with Crippen LogP contribution < -0.4 is 10.6 Å². The second-order valence-electron chi connectivity index (χ2n) is 5.24. The number of rotatable bonds is 7. The number of nitrogens with one attached hydrogen (secondary N) is 2. The minimum atomic E-state index is -0.960. The van der Waals surface area contributed by atoms with Crippen LogP contribution in [0.4, 0.5) is 4.79 Å². The van der Waals surface area contributed by atoms with Crippen LogP contribution in [0.5, 0.6) is 0 Å². The molecule has 6 nitrogen and oxygen atoms in total. The molecule has 1 rings (SSSR count). The minimum Gasteiger partial charge on any atom is -0.480 e. The molecule has 0 spiro atoms. The average Bonchev–Trinajstić information content (AvgIpc) is 3.08. The molecule has 1 aliphatic carbocycles. The molecule has 0 heterocycles. The number of nitrogens with zero attached hydrogens (tertiary/aromatic N) is 1. The predicted octanol–water partition coefficient (Wildman–Crippen LogP) is 0.489. The third kappa shape index (κ3) is 5.35. The van der Waals surface area contributed by atoms with Crippen molar-refractivity contribution in [1.82, 2.24) is 15.5 Å². The van der Waals surface area contributed by atoms with E-state index in [4.69, 9.17) is 5.11 Å². The molecule has 1 unspecified atom stereocenters. The number of carbonyl (C=O) groups excluding carboxylic acids is 1. The second kappa shape index (κ2) is 6.58. The minimum absolute atomic E-state index is 0.211. The lowest BCUT2D eigenvalue weighted by molar-refractivity contribution is -0.139. The van der Waals surface area contributed by atoms with Gasteiger partial charge in [0.15, 0.2) is 0 Å². The Bertz CT molecular complexity index is 303. The van der Waals surface area contributed by atoms with Crippen molar-refractivity contribution in [2.45, 2.75) is 38.3 Å². The predicted molar refractivity (Wildman–Crippen MR) is 68.4 cm³/mol. The van der Waals surface area contributed by atoms with E-state index in [2.05, 4.69) is 10.6 Å². The largest absolute Gasteiger partial charge is 0.480 e. The summed E-state index contributed by atoms with van der Waals surface area (Å²) < 4.78 is 0. The van der Waals surface area contributed by atoms with Gasteiger partial charge in [-0.3, -0.25) is 0 Å². The molecule has 0 bridgehead atoms. The Morgan fingerprint density at radius 3 is 2.44 bits per heavy atom. The molecule has 0 aliphatic heterocycles. The smallest absolute Gasteiger partial charge is 0.326 e. The van der Waals surface area contributed by atoms with E-state index in [9.17, 15) is 9.59 Å². The molecule has 104 valence electrons. The number of carboxylic acid groups (broad SMARTS) is 1. The molecule has 0 aromatic heterocycles. The summed E-state index contributed by atoms with van der Waals surface area (Å²) in [5, 5.41) is 14.2. The summed E-state index contributed by atoms with van der Waals surface area (Å²) in [4.78, 5) is 24.6. The molecular weight excluding hydrogens is 234 g/mol. The Labute approximate surface area is 108 Å². The van der Waals surface area contributed by atoms with Crippen molar-refractivity contribution >= 4 is 12.0 Å². The van der Waals surface area contributed by atoms with Gasteiger partial charge in [0.05, 0.1) is 0 Å². The number of hydrogen-bond acceptors (Lipinski definition) is 3. The van der Waals surface area contributed by atoms with Crippen molar-refractivity contribution in [1.29, 1.82) is 0 Å². The number of carboxylic acids is 1. The number of hydrogen-bond donors (Lipinski definition) is 3. The van der Waals surface area contributed by atoms with E-state index in [0.29, 0.717) is 18.9 Å². The van der Waals surface area contributed by atoms with Crippen LogP contribution in [-0.4, -0.2) is 54.7 Å². The molecular formula is C12H23N3O3. The van der Waals surface area contributed by atoms with Gasteiger partial charge in [-0.25, -0.2) is 9.59 Å². The highest BCUT2D eigenvalue weighted by molar-refractivity contribution is 5.82. The van der Waals surface area contributed by atoms with Gasteiger partial charge >= 0.3 is 12.0 Å². The van der Waals surface area contributed by atoms with Crippen LogP contribution in [0.1, 0.15) is 26.2 Å². The first-order valence-electron chi connectivity index (χ1n) is 6.33. The Morgan fingerprint density at radius 2 is 2.00 bits per heavy atom. The molecule has 2 amide bonds. The standard InChI is InChI=1S/C12H23N3O3/c1-8(15(2)3)7-13-12(18)14-10(11(16)17)6-9-4-5-9/h8-10H,4-7H2,1-3H3,(H,16,17)(H2,13,14,18)/t8?,10-/m0/s1. The van der Waals surface area contributed by atoms with Gasteiger partial charge in [0, 0.05) is 12.6 Å². The lowest BCUT2D eigenvalue weighted by Crippen LogP contribution is -2.48. The van der Waals surface area contributed by atoms with Crippen molar-refractivity contribution in [3.63, 3.8) is 0 Å². The summed E-state index contributed by atoms with van der Waals surface area (Å²) in [6.45, 7) is 2.48. The van der Waals surface area contributed by atoms with Gasteiger partial charge in [-0.1, -0.05) is 12.8 Å². The average molecular weight is 257 g/mol. The molecule has 0 aromatic carbocycles. The molecule has 0 saturated heterocycles. The van der Waals surface area contributed by atoms with Crippen molar-refractivity contribution in [3.8, 4) is 0 Å². The summed E-state index contributed by atoms with van der Waals surface area (Å²) in [6.07, 6.45) is 2.68. The molecule has 6 heteroatoms. The van der Waals surface area contributed by atoms with Gasteiger partial charge in [-0.15, -0.1) is 0 Å². The van der Waals surface area contributed by atoms with Crippen molar-refractivity contribution in [2.75, 3.05) is 20.6 Å². The molecule has 1 aliphatic rings. The lowest BCUT2D eigenvalue weighted by Gasteiger charge is -2.21. The van der Waals surface area contributed by atoms with Crippen molar-refractivity contribution < 1.29 is 14.7 Å². The van der Waals surface area contributed by atoms with E-state index < -0.39 is 18.0 Å². The summed E-state index contributed by atoms with van der Waals surface area (Å²) in [7, 11) is 3.86. The normalized spacial score (nSPS) is 18.2. The van der Waals surface area contributed by atoms with E-state index in [1.807, 2.05) is 25.9 Å². The van der Waals surface area contributed by atoms with Crippen LogP contribution >= 0.6 is 0 Å². The molecule has 3 N–H and O–H groups in total. The van der Waals surface area contributed by atoms with Gasteiger partial charge in [0.1, 0.15) is 6.04 Å². The summed E-state index contributed by atoms with van der Waals surface area (Å²) in [5.41, 5.74) is 0. The summed E-state index contributed by atoms with van der Waals surface area (Å²) in [5.74, 6) is -0.496. The fraction of sp³-hybridized carbons (Fsp3) is 0.833. The van der Waals surface area contributed by atoms with Gasteiger partial charge in [-0.05, 0) is 33.4 Å². The Balaban J connectivity index is 2.29. The number of aliphatic carboxylic acids is 1. The van der Waals surface area contributed by atoms with E-state index in [0.717, 1.165) is 12.8 Å². The van der Waals surface area contributed by atoms with Crippen LogP contribution in [-0.2, 0) is 4.79 Å². The third-order valence-corrected chi connectivity index (χ3v) is 3.31. The van der Waals surface area contributed by atoms with Crippen molar-refractivity contribution in [2.24, 2.45) is 5.92 Å². The van der Waals surface area contributed by atoms with E-state index >= 15 is 0 Å². The molecule has 0 aromatic rings. The molecule has 1 fully saturated rings. The first-order valence-corrected chi connectivity index (χ1v) is 6.33. The molecule has 1 saturated carbocycles. The quantitative estimate of drug-likeness (QED) is 0.620.